The first-order valence-corrected chi connectivity index (χ1v) is 9.94. The van der Waals surface area contributed by atoms with Crippen molar-refractivity contribution in [3.05, 3.63) is 71.5 Å². The summed E-state index contributed by atoms with van der Waals surface area (Å²) in [6, 6.07) is 9.79. The van der Waals surface area contributed by atoms with Crippen molar-refractivity contribution in [1.29, 1.82) is 0 Å². The number of hydrogen-bond acceptors (Lipinski definition) is 5. The van der Waals surface area contributed by atoms with Gasteiger partial charge in [-0.1, -0.05) is 23.8 Å². The molecule has 2 heterocycles. The second-order valence-corrected chi connectivity index (χ2v) is 8.11. The topological polar surface area (TPSA) is 80.0 Å². The van der Waals surface area contributed by atoms with Crippen molar-refractivity contribution in [3.63, 3.8) is 0 Å². The predicted octanol–water partition coefficient (Wildman–Crippen LogP) is 3.44. The zero-order chi connectivity index (χ0) is 18.7. The van der Waals surface area contributed by atoms with Crippen LogP contribution in [0.3, 0.4) is 0 Å². The summed E-state index contributed by atoms with van der Waals surface area (Å²) in [5.74, 6) is 0.159. The van der Waals surface area contributed by atoms with Crippen LogP contribution < -0.4 is 0 Å². The van der Waals surface area contributed by atoms with Crippen LogP contribution in [0.4, 0.5) is 0 Å². The largest absolute Gasteiger partial charge is 0.465 e. The molecule has 3 rings (SSSR count). The van der Waals surface area contributed by atoms with Crippen molar-refractivity contribution in [2.24, 2.45) is 4.40 Å². The minimum Gasteiger partial charge on any atom is -0.465 e. The lowest BCUT2D eigenvalue weighted by Gasteiger charge is -2.12. The summed E-state index contributed by atoms with van der Waals surface area (Å²) in [6.45, 7) is 5.64. The van der Waals surface area contributed by atoms with Crippen molar-refractivity contribution in [2.75, 3.05) is 6.54 Å². The quantitative estimate of drug-likeness (QED) is 0.579. The molecule has 8 heteroatoms. The molecule has 1 aliphatic heterocycles. The minimum absolute atomic E-state index is 0.0747. The Morgan fingerprint density at radius 1 is 1.27 bits per heavy atom. The Morgan fingerprint density at radius 3 is 2.62 bits per heavy atom. The molecule has 2 aromatic rings. The van der Waals surface area contributed by atoms with E-state index in [1.54, 1.807) is 30.3 Å². The summed E-state index contributed by atoms with van der Waals surface area (Å²) >= 11 is 0.990. The zero-order valence-electron chi connectivity index (χ0n) is 14.0. The van der Waals surface area contributed by atoms with Gasteiger partial charge in [0.25, 0.3) is 15.9 Å². The third kappa shape index (κ3) is 3.81. The highest BCUT2D eigenvalue weighted by atomic mass is 32.2. The van der Waals surface area contributed by atoms with Crippen LogP contribution in [-0.4, -0.2) is 30.9 Å². The van der Waals surface area contributed by atoms with E-state index in [2.05, 4.69) is 11.0 Å². The van der Waals surface area contributed by atoms with E-state index in [0.717, 1.165) is 17.3 Å². The second-order valence-electron chi connectivity index (χ2n) is 5.49. The summed E-state index contributed by atoms with van der Waals surface area (Å²) in [6.07, 6.45) is 4.57. The van der Waals surface area contributed by atoms with Gasteiger partial charge in [-0.3, -0.25) is 9.69 Å². The van der Waals surface area contributed by atoms with Crippen LogP contribution in [0.15, 0.2) is 73.9 Å². The molecular weight excluding hydrogens is 372 g/mol. The van der Waals surface area contributed by atoms with Gasteiger partial charge in [0, 0.05) is 12.6 Å². The van der Waals surface area contributed by atoms with Gasteiger partial charge in [0.2, 0.25) is 0 Å². The molecule has 1 aliphatic rings. The average molecular weight is 388 g/mol. The number of hydrogen-bond donors (Lipinski definition) is 0. The van der Waals surface area contributed by atoms with Gasteiger partial charge in [0.15, 0.2) is 5.17 Å². The van der Waals surface area contributed by atoms with E-state index in [9.17, 15) is 13.2 Å². The van der Waals surface area contributed by atoms with Gasteiger partial charge in [0.1, 0.15) is 5.76 Å². The molecule has 1 saturated heterocycles. The van der Waals surface area contributed by atoms with Crippen LogP contribution in [0, 0.1) is 6.92 Å². The fraction of sp³-hybridized carbons (Fsp3) is 0.111. The molecule has 26 heavy (non-hydrogen) atoms. The Morgan fingerprint density at radius 2 is 2.00 bits per heavy atom. The van der Waals surface area contributed by atoms with E-state index in [-0.39, 0.29) is 22.5 Å². The van der Waals surface area contributed by atoms with Gasteiger partial charge in [0.05, 0.1) is 16.1 Å². The zero-order valence-corrected chi connectivity index (χ0v) is 15.6. The molecule has 1 amide bonds. The lowest BCUT2D eigenvalue weighted by Crippen LogP contribution is -2.29. The summed E-state index contributed by atoms with van der Waals surface area (Å²) in [7, 11) is -3.93. The first kappa shape index (κ1) is 18.2. The number of carbonyl (C=O) groups is 1. The molecule has 6 nitrogen and oxygen atoms in total. The molecule has 0 bridgehead atoms. The first-order valence-electron chi connectivity index (χ1n) is 7.68. The molecule has 1 aromatic carbocycles. The normalized spacial score (nSPS) is 18.0. The van der Waals surface area contributed by atoms with Gasteiger partial charge in [-0.25, -0.2) is 0 Å². The standard InChI is InChI=1S/C18H16N2O4S2/c1-3-10-20-17(21)16(12-14-5-4-11-24-14)25-18(20)19-26(22,23)15-8-6-13(2)7-9-15/h3-9,11-12H,1,10H2,2H3/b16-12-,19-18-. The van der Waals surface area contributed by atoms with Crippen LogP contribution in [-0.2, 0) is 14.8 Å². The number of aryl methyl sites for hydroxylation is 1. The van der Waals surface area contributed by atoms with E-state index in [4.69, 9.17) is 4.42 Å². The Bertz CT molecular complexity index is 988. The van der Waals surface area contributed by atoms with Gasteiger partial charge >= 0.3 is 0 Å². The smallest absolute Gasteiger partial charge is 0.284 e. The van der Waals surface area contributed by atoms with E-state index in [0.29, 0.717) is 10.7 Å². The van der Waals surface area contributed by atoms with E-state index >= 15 is 0 Å². The maximum Gasteiger partial charge on any atom is 0.284 e. The van der Waals surface area contributed by atoms with Crippen LogP contribution >= 0.6 is 11.8 Å². The van der Waals surface area contributed by atoms with Crippen LogP contribution in [0.25, 0.3) is 6.08 Å². The molecule has 1 aromatic heterocycles. The third-order valence-corrected chi connectivity index (χ3v) is 5.94. The number of amidine groups is 1. The van der Waals surface area contributed by atoms with E-state index in [1.807, 2.05) is 6.92 Å². The van der Waals surface area contributed by atoms with Crippen molar-refractivity contribution < 1.29 is 17.6 Å². The van der Waals surface area contributed by atoms with Gasteiger partial charge in [-0.15, -0.1) is 11.0 Å². The molecule has 134 valence electrons. The van der Waals surface area contributed by atoms with Gasteiger partial charge in [-0.05, 0) is 43.0 Å². The molecule has 0 N–H and O–H groups in total. The second kappa shape index (κ2) is 7.35. The Labute approximate surface area is 156 Å². The summed E-state index contributed by atoms with van der Waals surface area (Å²) in [4.78, 5) is 14.3. The third-order valence-electron chi connectivity index (χ3n) is 3.53. The molecule has 0 saturated carbocycles. The Kier molecular flexibility index (Phi) is 5.15. The fourth-order valence-electron chi connectivity index (χ4n) is 2.23. The van der Waals surface area contributed by atoms with Crippen LogP contribution in [0.1, 0.15) is 11.3 Å². The van der Waals surface area contributed by atoms with Gasteiger partial charge < -0.3 is 4.42 Å². The molecule has 0 atom stereocenters. The lowest BCUT2D eigenvalue weighted by atomic mass is 10.2. The number of benzene rings is 1. The highest BCUT2D eigenvalue weighted by Crippen LogP contribution is 2.33. The first-order chi connectivity index (χ1) is 12.4. The molecule has 0 radical (unpaired) electrons. The summed E-state index contributed by atoms with van der Waals surface area (Å²) in [5, 5.41) is 0.0910. The van der Waals surface area contributed by atoms with Crippen molar-refractivity contribution in [1.82, 2.24) is 4.90 Å². The van der Waals surface area contributed by atoms with Crippen LogP contribution in [0.5, 0.6) is 0 Å². The van der Waals surface area contributed by atoms with Gasteiger partial charge in [-0.2, -0.15) is 8.42 Å². The summed E-state index contributed by atoms with van der Waals surface area (Å²) < 4.78 is 34.2. The predicted molar refractivity (Wildman–Crippen MR) is 102 cm³/mol. The number of carbonyl (C=O) groups excluding carboxylic acids is 1. The maximum absolute atomic E-state index is 12.6. The molecule has 0 aliphatic carbocycles. The molecule has 1 fully saturated rings. The molecular formula is C18H16N2O4S2. The van der Waals surface area contributed by atoms with E-state index in [1.165, 1.54) is 29.4 Å². The Balaban J connectivity index is 1.98. The number of thioether (sulfide) groups is 1. The van der Waals surface area contributed by atoms with E-state index < -0.39 is 10.0 Å². The highest BCUT2D eigenvalue weighted by molar-refractivity contribution is 8.19. The van der Waals surface area contributed by atoms with Crippen molar-refractivity contribution in [3.8, 4) is 0 Å². The monoisotopic (exact) mass is 388 g/mol. The Hall–Kier alpha value is -2.58. The van der Waals surface area contributed by atoms with Crippen LogP contribution in [0.2, 0.25) is 0 Å². The SMILES string of the molecule is C=CCN1C(=O)/C(=C/c2ccco2)S/C1=N\S(=O)(=O)c1ccc(C)cc1. The van der Waals surface area contributed by atoms with Crippen molar-refractivity contribution in [2.45, 2.75) is 11.8 Å². The van der Waals surface area contributed by atoms with Crippen molar-refractivity contribution >= 4 is 38.9 Å². The maximum atomic E-state index is 12.6. The number of sulfonamides is 1. The minimum atomic E-state index is -3.93. The lowest BCUT2D eigenvalue weighted by molar-refractivity contribution is -0.121. The highest BCUT2D eigenvalue weighted by Gasteiger charge is 2.34. The fourth-order valence-corrected chi connectivity index (χ4v) is 4.40. The number of furan rings is 1. The summed E-state index contributed by atoms with van der Waals surface area (Å²) in [5.41, 5.74) is 0.943. The number of nitrogens with zero attached hydrogens (tertiary/aromatic N) is 2. The average Bonchev–Trinajstić information content (AvgIpc) is 3.20. The number of amides is 1. The molecule has 0 spiro atoms. The molecule has 0 unspecified atom stereocenters. The number of rotatable bonds is 5.